The van der Waals surface area contributed by atoms with Gasteiger partial charge in [0.05, 0.1) is 5.60 Å². The average molecular weight is 315 g/mol. The summed E-state index contributed by atoms with van der Waals surface area (Å²) >= 11 is 0. The van der Waals surface area contributed by atoms with Crippen molar-refractivity contribution in [1.82, 2.24) is 4.90 Å². The summed E-state index contributed by atoms with van der Waals surface area (Å²) in [5, 5.41) is 9.81. The van der Waals surface area contributed by atoms with Crippen molar-refractivity contribution in [3.8, 4) is 0 Å². The molecule has 0 unspecified atom stereocenters. The number of nitrogens with zero attached hydrogens (tertiary/aromatic N) is 1. The largest absolute Gasteiger partial charge is 0.390 e. The highest BCUT2D eigenvalue weighted by Gasteiger charge is 2.44. The summed E-state index contributed by atoms with van der Waals surface area (Å²) in [4.78, 5) is 14.5. The highest BCUT2D eigenvalue weighted by atomic mass is 16.3. The van der Waals surface area contributed by atoms with Crippen LogP contribution in [0.25, 0.3) is 0 Å². The van der Waals surface area contributed by atoms with E-state index in [1.165, 1.54) is 11.1 Å². The summed E-state index contributed by atoms with van der Waals surface area (Å²) in [7, 11) is 0. The van der Waals surface area contributed by atoms with E-state index in [4.69, 9.17) is 0 Å². The smallest absolute Gasteiger partial charge is 0.225 e. The lowest BCUT2D eigenvalue weighted by Crippen LogP contribution is -2.51. The van der Waals surface area contributed by atoms with Crippen molar-refractivity contribution in [2.75, 3.05) is 13.1 Å². The monoisotopic (exact) mass is 315 g/mol. The summed E-state index contributed by atoms with van der Waals surface area (Å²) in [5.41, 5.74) is 2.18. The molecular formula is C20H29NO2. The number of rotatable bonds is 3. The normalized spacial score (nSPS) is 28.7. The summed E-state index contributed by atoms with van der Waals surface area (Å²) in [6.07, 6.45) is 3.36. The molecule has 0 radical (unpaired) electrons. The fourth-order valence-electron chi connectivity index (χ4n) is 4.02. The first-order chi connectivity index (χ1) is 10.9. The van der Waals surface area contributed by atoms with Crippen LogP contribution in [0.5, 0.6) is 0 Å². The topological polar surface area (TPSA) is 40.5 Å². The number of amides is 1. The zero-order chi connectivity index (χ0) is 16.6. The van der Waals surface area contributed by atoms with Gasteiger partial charge in [-0.3, -0.25) is 4.79 Å². The van der Waals surface area contributed by atoms with E-state index in [0.29, 0.717) is 24.7 Å². The van der Waals surface area contributed by atoms with Gasteiger partial charge in [-0.25, -0.2) is 0 Å². The van der Waals surface area contributed by atoms with Crippen LogP contribution in [-0.2, 0) is 4.79 Å². The fraction of sp³-hybridized carbons (Fsp3) is 0.650. The Hall–Kier alpha value is -1.35. The van der Waals surface area contributed by atoms with Crippen LogP contribution in [0, 0.1) is 5.92 Å². The van der Waals surface area contributed by atoms with Crippen molar-refractivity contribution in [1.29, 1.82) is 0 Å². The molecule has 2 fully saturated rings. The average Bonchev–Trinajstić information content (AvgIpc) is 2.52. The van der Waals surface area contributed by atoms with E-state index in [-0.39, 0.29) is 11.8 Å². The van der Waals surface area contributed by atoms with Gasteiger partial charge in [0.2, 0.25) is 5.91 Å². The van der Waals surface area contributed by atoms with Crippen molar-refractivity contribution in [2.45, 2.75) is 63.9 Å². The second-order valence-electron chi connectivity index (χ2n) is 8.02. The molecule has 0 aromatic heterocycles. The second kappa shape index (κ2) is 6.27. The van der Waals surface area contributed by atoms with Crippen LogP contribution in [-0.4, -0.2) is 34.6 Å². The molecule has 126 valence electrons. The summed E-state index contributed by atoms with van der Waals surface area (Å²) in [6, 6.07) is 9.02. The number of hydrogen-bond donors (Lipinski definition) is 1. The standard InChI is InChI=1S/C20H29NO2/c1-14(2)15-4-6-16(7-5-15)17-8-10-21(11-9-17)19(22)18-12-20(3,23)13-18/h4-7,14,17-18,23H,8-13H2,1-3H3. The Morgan fingerprint density at radius 2 is 1.74 bits per heavy atom. The van der Waals surface area contributed by atoms with Gasteiger partial charge in [-0.2, -0.15) is 0 Å². The molecule has 1 heterocycles. The van der Waals surface area contributed by atoms with Crippen molar-refractivity contribution in [3.63, 3.8) is 0 Å². The van der Waals surface area contributed by atoms with E-state index in [9.17, 15) is 9.90 Å². The zero-order valence-corrected chi connectivity index (χ0v) is 14.6. The van der Waals surface area contributed by atoms with Gasteiger partial charge in [0.1, 0.15) is 0 Å². The first kappa shape index (κ1) is 16.5. The van der Waals surface area contributed by atoms with E-state index in [0.717, 1.165) is 25.9 Å². The van der Waals surface area contributed by atoms with Crippen LogP contribution in [0.4, 0.5) is 0 Å². The number of benzene rings is 1. The fourth-order valence-corrected chi connectivity index (χ4v) is 4.02. The summed E-state index contributed by atoms with van der Waals surface area (Å²) in [5.74, 6) is 1.45. The van der Waals surface area contributed by atoms with Crippen LogP contribution >= 0.6 is 0 Å². The number of carbonyl (C=O) groups is 1. The maximum Gasteiger partial charge on any atom is 0.225 e. The molecule has 1 amide bonds. The number of hydrogen-bond acceptors (Lipinski definition) is 2. The van der Waals surface area contributed by atoms with Crippen molar-refractivity contribution in [2.24, 2.45) is 5.92 Å². The molecular weight excluding hydrogens is 286 g/mol. The molecule has 1 saturated heterocycles. The van der Waals surface area contributed by atoms with E-state index in [1.54, 1.807) is 0 Å². The lowest BCUT2D eigenvalue weighted by molar-refractivity contribution is -0.150. The lowest BCUT2D eigenvalue weighted by Gasteiger charge is -2.43. The molecule has 1 aromatic carbocycles. The van der Waals surface area contributed by atoms with Crippen LogP contribution in [0.1, 0.15) is 69.4 Å². The molecule has 1 aliphatic heterocycles. The molecule has 1 N–H and O–H groups in total. The highest BCUT2D eigenvalue weighted by molar-refractivity contribution is 5.80. The summed E-state index contributed by atoms with van der Waals surface area (Å²) < 4.78 is 0. The molecule has 3 nitrogen and oxygen atoms in total. The summed E-state index contributed by atoms with van der Waals surface area (Å²) in [6.45, 7) is 7.97. The lowest BCUT2D eigenvalue weighted by atomic mass is 9.71. The van der Waals surface area contributed by atoms with Gasteiger partial charge in [-0.15, -0.1) is 0 Å². The first-order valence-corrected chi connectivity index (χ1v) is 8.97. The Labute approximate surface area is 139 Å². The number of aliphatic hydroxyl groups is 1. The molecule has 3 heteroatoms. The minimum Gasteiger partial charge on any atom is -0.390 e. The Kier molecular flexibility index (Phi) is 4.50. The van der Waals surface area contributed by atoms with Gasteiger partial charge in [-0.05, 0) is 55.6 Å². The van der Waals surface area contributed by atoms with Gasteiger partial charge in [-0.1, -0.05) is 38.1 Å². The van der Waals surface area contributed by atoms with Gasteiger partial charge in [0.25, 0.3) is 0 Å². The van der Waals surface area contributed by atoms with E-state index >= 15 is 0 Å². The van der Waals surface area contributed by atoms with E-state index < -0.39 is 5.60 Å². The van der Waals surface area contributed by atoms with E-state index in [2.05, 4.69) is 38.1 Å². The van der Waals surface area contributed by atoms with Crippen LogP contribution < -0.4 is 0 Å². The Bertz CT molecular complexity index is 546. The molecule has 2 aliphatic rings. The molecule has 1 aromatic rings. The molecule has 23 heavy (non-hydrogen) atoms. The third-order valence-electron chi connectivity index (χ3n) is 5.60. The highest BCUT2D eigenvalue weighted by Crippen LogP contribution is 2.39. The van der Waals surface area contributed by atoms with Crippen LogP contribution in [0.15, 0.2) is 24.3 Å². The van der Waals surface area contributed by atoms with Crippen LogP contribution in [0.3, 0.4) is 0 Å². The van der Waals surface area contributed by atoms with Gasteiger partial charge < -0.3 is 10.0 Å². The quantitative estimate of drug-likeness (QED) is 0.924. The first-order valence-electron chi connectivity index (χ1n) is 8.97. The maximum absolute atomic E-state index is 12.4. The van der Waals surface area contributed by atoms with Crippen molar-refractivity contribution >= 4 is 5.91 Å². The Morgan fingerprint density at radius 3 is 2.22 bits per heavy atom. The van der Waals surface area contributed by atoms with Gasteiger partial charge >= 0.3 is 0 Å². The van der Waals surface area contributed by atoms with E-state index in [1.807, 2.05) is 11.8 Å². The molecule has 0 spiro atoms. The van der Waals surface area contributed by atoms with Gasteiger partial charge in [0.15, 0.2) is 0 Å². The van der Waals surface area contributed by atoms with Crippen molar-refractivity contribution < 1.29 is 9.90 Å². The minimum atomic E-state index is -0.614. The third kappa shape index (κ3) is 3.60. The molecule has 0 bridgehead atoms. The third-order valence-corrected chi connectivity index (χ3v) is 5.60. The number of piperidine rings is 1. The maximum atomic E-state index is 12.4. The Balaban J connectivity index is 1.53. The zero-order valence-electron chi connectivity index (χ0n) is 14.6. The second-order valence-corrected chi connectivity index (χ2v) is 8.02. The van der Waals surface area contributed by atoms with Crippen molar-refractivity contribution in [3.05, 3.63) is 35.4 Å². The number of carbonyl (C=O) groups excluding carboxylic acids is 1. The molecule has 1 aliphatic carbocycles. The Morgan fingerprint density at radius 1 is 1.17 bits per heavy atom. The van der Waals surface area contributed by atoms with Gasteiger partial charge in [0, 0.05) is 19.0 Å². The minimum absolute atomic E-state index is 0.0480. The molecule has 3 rings (SSSR count). The molecule has 0 atom stereocenters. The SMILES string of the molecule is CC(C)c1ccc(C2CCN(C(=O)C3CC(C)(O)C3)CC2)cc1. The molecule has 1 saturated carbocycles. The predicted molar refractivity (Wildman–Crippen MR) is 92.4 cm³/mol. The number of likely N-dealkylation sites (tertiary alicyclic amines) is 1. The predicted octanol–water partition coefficient (Wildman–Crippen LogP) is 3.68. The van der Waals surface area contributed by atoms with Crippen LogP contribution in [0.2, 0.25) is 0 Å².